The van der Waals surface area contributed by atoms with Crippen LogP contribution in [0.2, 0.25) is 0 Å². The molecule has 2 atom stereocenters. The molecule has 0 saturated heterocycles. The van der Waals surface area contributed by atoms with E-state index in [2.05, 4.69) is 34.6 Å². The van der Waals surface area contributed by atoms with Crippen molar-refractivity contribution in [1.82, 2.24) is 0 Å². The molecule has 2 N–H and O–H groups in total. The Hall–Kier alpha value is -0.0400. The van der Waals surface area contributed by atoms with Gasteiger partial charge in [-0.1, -0.05) is 47.5 Å². The summed E-state index contributed by atoms with van der Waals surface area (Å²) in [6, 6.07) is 0.390. The quantitative estimate of drug-likeness (QED) is 0.696. The Morgan fingerprint density at radius 1 is 1.23 bits per heavy atom. The van der Waals surface area contributed by atoms with Gasteiger partial charge in [-0.2, -0.15) is 0 Å². The first kappa shape index (κ1) is 13.0. The van der Waals surface area contributed by atoms with E-state index >= 15 is 0 Å². The molecule has 0 aliphatic heterocycles. The van der Waals surface area contributed by atoms with Crippen molar-refractivity contribution in [2.75, 3.05) is 0 Å². The monoisotopic (exact) mass is 185 g/mol. The largest absolute Gasteiger partial charge is 0.328 e. The Kier molecular flexibility index (Phi) is 5.62. The van der Waals surface area contributed by atoms with Crippen LogP contribution in [0.25, 0.3) is 0 Å². The summed E-state index contributed by atoms with van der Waals surface area (Å²) < 4.78 is 0. The van der Waals surface area contributed by atoms with Gasteiger partial charge in [0.15, 0.2) is 0 Å². The third-order valence-electron chi connectivity index (χ3n) is 2.36. The van der Waals surface area contributed by atoms with E-state index in [0.717, 1.165) is 12.3 Å². The molecule has 13 heavy (non-hydrogen) atoms. The minimum atomic E-state index is 0.380. The number of hydrogen-bond acceptors (Lipinski definition) is 1. The molecule has 0 aromatic rings. The fraction of sp³-hybridized carbons (Fsp3) is 1.00. The van der Waals surface area contributed by atoms with Gasteiger partial charge in [0.25, 0.3) is 0 Å². The smallest absolute Gasteiger partial charge is 0.00463 e. The highest BCUT2D eigenvalue weighted by Gasteiger charge is 2.17. The van der Waals surface area contributed by atoms with Gasteiger partial charge >= 0.3 is 0 Å². The summed E-state index contributed by atoms with van der Waals surface area (Å²) in [7, 11) is 0. The van der Waals surface area contributed by atoms with Crippen molar-refractivity contribution in [2.45, 2.75) is 66.3 Å². The number of hydrogen-bond donors (Lipinski definition) is 1. The highest BCUT2D eigenvalue weighted by atomic mass is 14.6. The van der Waals surface area contributed by atoms with Gasteiger partial charge in [0.05, 0.1) is 0 Å². The maximum absolute atomic E-state index is 6.09. The second-order valence-electron chi connectivity index (χ2n) is 5.65. The molecular weight excluding hydrogens is 158 g/mol. The van der Waals surface area contributed by atoms with Crippen LogP contribution >= 0.6 is 0 Å². The van der Waals surface area contributed by atoms with Gasteiger partial charge in [0, 0.05) is 6.04 Å². The molecule has 0 saturated carbocycles. The molecule has 0 fully saturated rings. The predicted molar refractivity (Wildman–Crippen MR) is 60.7 cm³/mol. The molecule has 0 aromatic heterocycles. The van der Waals surface area contributed by atoms with Gasteiger partial charge in [0.2, 0.25) is 0 Å². The second-order valence-corrected chi connectivity index (χ2v) is 5.65. The summed E-state index contributed by atoms with van der Waals surface area (Å²) in [5, 5.41) is 0. The first-order valence-electron chi connectivity index (χ1n) is 5.60. The third kappa shape index (κ3) is 8.29. The van der Waals surface area contributed by atoms with Crippen LogP contribution in [0.3, 0.4) is 0 Å². The Bertz CT molecular complexity index is 124. The molecule has 0 amide bonds. The van der Waals surface area contributed by atoms with E-state index in [-0.39, 0.29) is 0 Å². The van der Waals surface area contributed by atoms with Crippen molar-refractivity contribution in [3.8, 4) is 0 Å². The lowest BCUT2D eigenvalue weighted by atomic mass is 9.84. The average molecular weight is 185 g/mol. The lowest BCUT2D eigenvalue weighted by Crippen LogP contribution is -2.28. The van der Waals surface area contributed by atoms with Crippen LogP contribution in [-0.4, -0.2) is 6.04 Å². The summed E-state index contributed by atoms with van der Waals surface area (Å²) in [4.78, 5) is 0. The zero-order chi connectivity index (χ0) is 10.5. The maximum atomic E-state index is 6.09. The lowest BCUT2D eigenvalue weighted by molar-refractivity contribution is 0.305. The van der Waals surface area contributed by atoms with Crippen molar-refractivity contribution in [2.24, 2.45) is 17.1 Å². The molecule has 0 aliphatic rings. The van der Waals surface area contributed by atoms with Crippen molar-refractivity contribution in [3.63, 3.8) is 0 Å². The highest BCUT2D eigenvalue weighted by molar-refractivity contribution is 4.73. The summed E-state index contributed by atoms with van der Waals surface area (Å²) in [6.45, 7) is 11.3. The first-order valence-corrected chi connectivity index (χ1v) is 5.60. The van der Waals surface area contributed by atoms with E-state index in [9.17, 15) is 0 Å². The summed E-state index contributed by atoms with van der Waals surface area (Å²) in [5.74, 6) is 0.794. The normalized spacial score (nSPS) is 17.1. The molecule has 0 spiro atoms. The molecule has 1 heteroatoms. The minimum absolute atomic E-state index is 0.380. The third-order valence-corrected chi connectivity index (χ3v) is 2.36. The molecule has 0 rings (SSSR count). The van der Waals surface area contributed by atoms with E-state index < -0.39 is 0 Å². The van der Waals surface area contributed by atoms with Crippen molar-refractivity contribution in [3.05, 3.63) is 0 Å². The first-order chi connectivity index (χ1) is 5.85. The number of nitrogens with two attached hydrogens (primary N) is 1. The zero-order valence-electron chi connectivity index (χ0n) is 10.1. The van der Waals surface area contributed by atoms with Crippen LogP contribution in [0.5, 0.6) is 0 Å². The molecule has 1 nitrogen and oxygen atoms in total. The molecular formula is C12H27N. The van der Waals surface area contributed by atoms with Crippen molar-refractivity contribution >= 4 is 0 Å². The van der Waals surface area contributed by atoms with Gasteiger partial charge in [-0.3, -0.25) is 0 Å². The second kappa shape index (κ2) is 5.64. The minimum Gasteiger partial charge on any atom is -0.328 e. The zero-order valence-corrected chi connectivity index (χ0v) is 10.1. The standard InChI is InChI=1S/C12H27N/c1-6-7-10(2)8-11(13)9-12(3,4)5/h10-11H,6-9,13H2,1-5H3. The van der Waals surface area contributed by atoms with Crippen molar-refractivity contribution < 1.29 is 0 Å². The van der Waals surface area contributed by atoms with Gasteiger partial charge in [-0.25, -0.2) is 0 Å². The van der Waals surface area contributed by atoms with Gasteiger partial charge < -0.3 is 5.73 Å². The van der Waals surface area contributed by atoms with Crippen LogP contribution in [0.15, 0.2) is 0 Å². The predicted octanol–water partition coefficient (Wildman–Crippen LogP) is 3.58. The van der Waals surface area contributed by atoms with Crippen molar-refractivity contribution in [1.29, 1.82) is 0 Å². The Morgan fingerprint density at radius 3 is 2.15 bits per heavy atom. The van der Waals surface area contributed by atoms with Gasteiger partial charge in [-0.15, -0.1) is 0 Å². The maximum Gasteiger partial charge on any atom is 0.00463 e. The van der Waals surface area contributed by atoms with Gasteiger partial charge in [0.1, 0.15) is 0 Å². The topological polar surface area (TPSA) is 26.0 Å². The Balaban J connectivity index is 3.67. The van der Waals surface area contributed by atoms with Crippen LogP contribution in [0, 0.1) is 11.3 Å². The van der Waals surface area contributed by atoms with Crippen LogP contribution in [-0.2, 0) is 0 Å². The molecule has 2 unspecified atom stereocenters. The van der Waals surface area contributed by atoms with Crippen LogP contribution in [0.1, 0.15) is 60.3 Å². The van der Waals surface area contributed by atoms with E-state index in [0.29, 0.717) is 11.5 Å². The molecule has 0 bridgehead atoms. The summed E-state index contributed by atoms with van der Waals surface area (Å²) in [6.07, 6.45) is 4.92. The van der Waals surface area contributed by atoms with Crippen LogP contribution < -0.4 is 5.73 Å². The lowest BCUT2D eigenvalue weighted by Gasteiger charge is -2.25. The SMILES string of the molecule is CCCC(C)CC(N)CC(C)(C)C. The molecule has 0 radical (unpaired) electrons. The molecule has 0 aliphatic carbocycles. The highest BCUT2D eigenvalue weighted by Crippen LogP contribution is 2.23. The average Bonchev–Trinajstić information content (AvgIpc) is 1.81. The number of rotatable bonds is 5. The molecule has 80 valence electrons. The molecule has 0 aromatic carbocycles. The Morgan fingerprint density at radius 2 is 1.77 bits per heavy atom. The van der Waals surface area contributed by atoms with E-state index in [4.69, 9.17) is 5.73 Å². The van der Waals surface area contributed by atoms with E-state index in [1.54, 1.807) is 0 Å². The fourth-order valence-electron chi connectivity index (χ4n) is 2.00. The fourth-order valence-corrected chi connectivity index (χ4v) is 2.00. The summed E-state index contributed by atoms with van der Waals surface area (Å²) >= 11 is 0. The van der Waals surface area contributed by atoms with E-state index in [1.807, 2.05) is 0 Å². The molecule has 0 heterocycles. The van der Waals surface area contributed by atoms with Gasteiger partial charge in [-0.05, 0) is 24.2 Å². The van der Waals surface area contributed by atoms with Crippen LogP contribution in [0.4, 0.5) is 0 Å². The Labute approximate surface area is 84.1 Å². The van der Waals surface area contributed by atoms with E-state index in [1.165, 1.54) is 19.3 Å². The summed E-state index contributed by atoms with van der Waals surface area (Å²) in [5.41, 5.74) is 6.47.